The Balaban J connectivity index is 2.30. The summed E-state index contributed by atoms with van der Waals surface area (Å²) in [6.07, 6.45) is 1.51. The quantitative estimate of drug-likeness (QED) is 0.830. The summed E-state index contributed by atoms with van der Waals surface area (Å²) in [6.45, 7) is 4.96. The second kappa shape index (κ2) is 7.32. The maximum Gasteiger partial charge on any atom is 0.126 e. The average Bonchev–Trinajstić information content (AvgIpc) is 2.45. The van der Waals surface area contributed by atoms with Gasteiger partial charge in [0.2, 0.25) is 0 Å². The number of hydrogen-bond acceptors (Lipinski definition) is 1. The van der Waals surface area contributed by atoms with E-state index in [1.807, 2.05) is 19.1 Å². The fraction of sp³-hybridized carbons (Fsp3) is 0.333. The van der Waals surface area contributed by atoms with Gasteiger partial charge in [-0.25, -0.2) is 8.78 Å². The first-order valence-electron chi connectivity index (χ1n) is 7.40. The molecule has 2 aromatic carbocycles. The van der Waals surface area contributed by atoms with E-state index in [1.54, 1.807) is 0 Å². The molecule has 112 valence electrons. The molecule has 1 N–H and O–H groups in total. The smallest absolute Gasteiger partial charge is 0.126 e. The van der Waals surface area contributed by atoms with Crippen molar-refractivity contribution in [1.82, 2.24) is 5.32 Å². The predicted octanol–water partition coefficient (Wildman–Crippen LogP) is 4.42. The second-order valence-electron chi connectivity index (χ2n) is 5.14. The summed E-state index contributed by atoms with van der Waals surface area (Å²) < 4.78 is 26.7. The van der Waals surface area contributed by atoms with E-state index in [4.69, 9.17) is 0 Å². The van der Waals surface area contributed by atoms with Gasteiger partial charge < -0.3 is 5.32 Å². The van der Waals surface area contributed by atoms with E-state index in [2.05, 4.69) is 24.4 Å². The minimum atomic E-state index is -0.524. The summed E-state index contributed by atoms with van der Waals surface area (Å²) in [5, 5.41) is 3.42. The Morgan fingerprint density at radius 2 is 1.67 bits per heavy atom. The molecule has 0 fully saturated rings. The number of hydrogen-bond donors (Lipinski definition) is 1. The van der Waals surface area contributed by atoms with Gasteiger partial charge in [-0.15, -0.1) is 0 Å². The maximum absolute atomic E-state index is 13.4. The highest BCUT2D eigenvalue weighted by atomic mass is 19.1. The molecule has 0 aliphatic rings. The Morgan fingerprint density at radius 1 is 1.00 bits per heavy atom. The van der Waals surface area contributed by atoms with E-state index >= 15 is 0 Å². The van der Waals surface area contributed by atoms with Crippen molar-refractivity contribution in [3.8, 4) is 0 Å². The van der Waals surface area contributed by atoms with Crippen LogP contribution in [0.4, 0.5) is 8.78 Å². The summed E-state index contributed by atoms with van der Waals surface area (Å²) in [5.41, 5.74) is 3.14. The minimum Gasteiger partial charge on any atom is -0.310 e. The third-order valence-electron chi connectivity index (χ3n) is 3.62. The Morgan fingerprint density at radius 3 is 2.29 bits per heavy atom. The predicted molar refractivity (Wildman–Crippen MR) is 82.3 cm³/mol. The summed E-state index contributed by atoms with van der Waals surface area (Å²) in [6, 6.07) is 12.0. The fourth-order valence-electron chi connectivity index (χ4n) is 2.70. The lowest BCUT2D eigenvalue weighted by Crippen LogP contribution is -2.24. The van der Waals surface area contributed by atoms with Crippen LogP contribution in [0.1, 0.15) is 36.6 Å². The molecule has 21 heavy (non-hydrogen) atoms. The third kappa shape index (κ3) is 4.11. The van der Waals surface area contributed by atoms with Crippen LogP contribution in [0.25, 0.3) is 0 Å². The highest BCUT2D eigenvalue weighted by Crippen LogP contribution is 2.23. The highest BCUT2D eigenvalue weighted by molar-refractivity contribution is 5.32. The van der Waals surface area contributed by atoms with Crippen LogP contribution < -0.4 is 5.32 Å². The number of nitrogens with one attached hydrogen (secondary N) is 1. The molecule has 0 bridgehead atoms. The summed E-state index contributed by atoms with van der Waals surface area (Å²) >= 11 is 0. The first kappa shape index (κ1) is 15.6. The van der Waals surface area contributed by atoms with Crippen LogP contribution >= 0.6 is 0 Å². The average molecular weight is 289 g/mol. The van der Waals surface area contributed by atoms with Gasteiger partial charge in [-0.2, -0.15) is 0 Å². The summed E-state index contributed by atoms with van der Waals surface area (Å²) in [4.78, 5) is 0. The van der Waals surface area contributed by atoms with Gasteiger partial charge in [0.15, 0.2) is 0 Å². The molecule has 0 radical (unpaired) electrons. The molecule has 0 saturated heterocycles. The zero-order chi connectivity index (χ0) is 15.2. The van der Waals surface area contributed by atoms with E-state index in [0.29, 0.717) is 12.0 Å². The lowest BCUT2D eigenvalue weighted by Gasteiger charge is -2.21. The molecule has 0 aliphatic carbocycles. The Labute approximate surface area is 125 Å². The Bertz CT molecular complexity index is 575. The van der Waals surface area contributed by atoms with Crippen LogP contribution in [0.2, 0.25) is 0 Å². The monoisotopic (exact) mass is 289 g/mol. The Kier molecular flexibility index (Phi) is 5.45. The van der Waals surface area contributed by atoms with Crippen LogP contribution in [0.15, 0.2) is 42.5 Å². The molecule has 1 atom stereocenters. The first-order valence-corrected chi connectivity index (χ1v) is 7.40. The van der Waals surface area contributed by atoms with Gasteiger partial charge in [0.05, 0.1) is 0 Å². The van der Waals surface area contributed by atoms with Crippen molar-refractivity contribution < 1.29 is 8.78 Å². The molecule has 0 aliphatic heterocycles. The van der Waals surface area contributed by atoms with Crippen molar-refractivity contribution in [3.63, 3.8) is 0 Å². The number of halogens is 2. The van der Waals surface area contributed by atoms with E-state index in [1.165, 1.54) is 23.3 Å². The van der Waals surface area contributed by atoms with Gasteiger partial charge in [0, 0.05) is 12.1 Å². The summed E-state index contributed by atoms with van der Waals surface area (Å²) in [7, 11) is 0. The fourth-order valence-corrected chi connectivity index (χ4v) is 2.70. The van der Waals surface area contributed by atoms with Gasteiger partial charge >= 0.3 is 0 Å². The van der Waals surface area contributed by atoms with Crippen molar-refractivity contribution in [1.29, 1.82) is 0 Å². The molecule has 0 aromatic heterocycles. The molecule has 2 aromatic rings. The normalized spacial score (nSPS) is 12.4. The topological polar surface area (TPSA) is 12.0 Å². The van der Waals surface area contributed by atoms with Crippen LogP contribution in [0, 0.1) is 11.6 Å². The highest BCUT2D eigenvalue weighted by Gasteiger charge is 2.15. The second-order valence-corrected chi connectivity index (χ2v) is 5.14. The SMILES string of the molecule is CCNC(Cc1cc(F)cc(F)c1)c1ccccc1CC. The third-order valence-corrected chi connectivity index (χ3v) is 3.62. The molecule has 0 heterocycles. The lowest BCUT2D eigenvalue weighted by molar-refractivity contribution is 0.536. The molecule has 0 saturated carbocycles. The van der Waals surface area contributed by atoms with E-state index in [9.17, 15) is 8.78 Å². The van der Waals surface area contributed by atoms with Crippen molar-refractivity contribution in [3.05, 3.63) is 70.8 Å². The standard InChI is InChI=1S/C18H21F2N/c1-3-14-7-5-6-8-17(14)18(21-4-2)11-13-9-15(19)12-16(20)10-13/h5-10,12,18,21H,3-4,11H2,1-2H3. The van der Waals surface area contributed by atoms with E-state index in [-0.39, 0.29) is 6.04 Å². The first-order chi connectivity index (χ1) is 10.1. The van der Waals surface area contributed by atoms with Gasteiger partial charge in [-0.1, -0.05) is 38.1 Å². The molecule has 3 heteroatoms. The molecule has 1 unspecified atom stereocenters. The number of aryl methyl sites for hydroxylation is 1. The van der Waals surface area contributed by atoms with Crippen molar-refractivity contribution in [2.45, 2.75) is 32.7 Å². The van der Waals surface area contributed by atoms with Crippen molar-refractivity contribution in [2.24, 2.45) is 0 Å². The van der Waals surface area contributed by atoms with Crippen LogP contribution in [0.3, 0.4) is 0 Å². The lowest BCUT2D eigenvalue weighted by atomic mass is 9.93. The van der Waals surface area contributed by atoms with Crippen LogP contribution in [0.5, 0.6) is 0 Å². The number of benzene rings is 2. The van der Waals surface area contributed by atoms with Gasteiger partial charge in [0.25, 0.3) is 0 Å². The van der Waals surface area contributed by atoms with Crippen molar-refractivity contribution in [2.75, 3.05) is 6.54 Å². The Hall–Kier alpha value is -1.74. The molecule has 2 rings (SSSR count). The van der Waals surface area contributed by atoms with Gasteiger partial charge in [0.1, 0.15) is 11.6 Å². The zero-order valence-electron chi connectivity index (χ0n) is 12.5. The van der Waals surface area contributed by atoms with Gasteiger partial charge in [-0.3, -0.25) is 0 Å². The molecular weight excluding hydrogens is 268 g/mol. The van der Waals surface area contributed by atoms with Crippen LogP contribution in [-0.4, -0.2) is 6.54 Å². The molecule has 0 amide bonds. The minimum absolute atomic E-state index is 0.0624. The largest absolute Gasteiger partial charge is 0.310 e. The van der Waals surface area contributed by atoms with E-state index < -0.39 is 11.6 Å². The molecule has 1 nitrogen and oxygen atoms in total. The number of likely N-dealkylation sites (N-methyl/N-ethyl adjacent to an activating group) is 1. The number of rotatable bonds is 6. The maximum atomic E-state index is 13.4. The van der Waals surface area contributed by atoms with Gasteiger partial charge in [-0.05, 0) is 48.2 Å². The molecule has 0 spiro atoms. The van der Waals surface area contributed by atoms with Crippen LogP contribution in [-0.2, 0) is 12.8 Å². The zero-order valence-corrected chi connectivity index (χ0v) is 12.5. The summed E-state index contributed by atoms with van der Waals surface area (Å²) in [5.74, 6) is -1.05. The molecular formula is C18H21F2N. The van der Waals surface area contributed by atoms with Crippen molar-refractivity contribution >= 4 is 0 Å². The van der Waals surface area contributed by atoms with E-state index in [0.717, 1.165) is 19.0 Å².